The number of rotatable bonds is 38. The average molecular weight is 754 g/mol. The van der Waals surface area contributed by atoms with Gasteiger partial charge in [-0.25, -0.2) is 0 Å². The first kappa shape index (κ1) is 50.5. The predicted octanol–water partition coefficient (Wildman–Crippen LogP) is 11.4. The fraction of sp³-hybridized carbons (Fsp3) is 0.791. The van der Waals surface area contributed by atoms with Gasteiger partial charge in [0.2, 0.25) is 0 Å². The van der Waals surface area contributed by atoms with E-state index in [1.165, 1.54) is 83.5 Å². The molecule has 0 radical (unpaired) electrons. The number of esters is 1. The Bertz CT molecular complexity index is 973. The summed E-state index contributed by atoms with van der Waals surface area (Å²) in [6, 6.07) is 0. The van der Waals surface area contributed by atoms with Gasteiger partial charge in [0, 0.05) is 13.0 Å². The highest BCUT2D eigenvalue weighted by atomic mass is 31.2. The smallest absolute Gasteiger partial charge is 0.306 e. The first-order chi connectivity index (χ1) is 25.1. The molecule has 0 aliphatic heterocycles. The van der Waals surface area contributed by atoms with Gasteiger partial charge in [-0.1, -0.05) is 133 Å². The van der Waals surface area contributed by atoms with Crippen LogP contribution in [0.15, 0.2) is 48.6 Å². The number of allylic oxidation sites excluding steroid dienone is 8. The predicted molar refractivity (Wildman–Crippen MR) is 217 cm³/mol. The number of likely N-dealkylation sites (N-methyl/N-ethyl adjacent to an activating group) is 1. The molecule has 0 aliphatic carbocycles. The number of unbranched alkanes of at least 4 members (excludes halogenated alkanes) is 16. The summed E-state index contributed by atoms with van der Waals surface area (Å²) in [5.74, 6) is -0.366. The Morgan fingerprint density at radius 1 is 0.615 bits per heavy atom. The van der Waals surface area contributed by atoms with Gasteiger partial charge in [-0.15, -0.1) is 0 Å². The molecule has 9 heteroatoms. The Labute approximate surface area is 320 Å². The molecule has 0 spiro atoms. The molecule has 0 aromatic carbocycles. The number of hydrogen-bond acceptors (Lipinski definition) is 7. The summed E-state index contributed by atoms with van der Waals surface area (Å²) in [4.78, 5) is 25.0. The van der Waals surface area contributed by atoms with Crippen molar-refractivity contribution in [3.63, 3.8) is 0 Å². The first-order valence-electron chi connectivity index (χ1n) is 20.9. The van der Waals surface area contributed by atoms with Crippen LogP contribution in [0.25, 0.3) is 0 Å². The monoisotopic (exact) mass is 754 g/mol. The van der Waals surface area contributed by atoms with Gasteiger partial charge in [-0.2, -0.15) is 0 Å². The second-order valence-electron chi connectivity index (χ2n) is 15.0. The Kier molecular flexibility index (Phi) is 35.4. The van der Waals surface area contributed by atoms with Crippen LogP contribution in [0.4, 0.5) is 0 Å². The van der Waals surface area contributed by atoms with Crippen molar-refractivity contribution in [2.75, 3.05) is 54.1 Å². The summed E-state index contributed by atoms with van der Waals surface area (Å²) in [6.07, 6.45) is 42.7. The van der Waals surface area contributed by atoms with Crippen LogP contribution in [-0.2, 0) is 27.9 Å². The maximum atomic E-state index is 12.6. The number of carbonyl (C=O) groups excluding carboxylic acids is 1. The van der Waals surface area contributed by atoms with Crippen molar-refractivity contribution >= 4 is 13.8 Å². The van der Waals surface area contributed by atoms with Crippen LogP contribution < -0.4 is 4.89 Å². The second kappa shape index (κ2) is 36.4. The molecule has 304 valence electrons. The maximum absolute atomic E-state index is 12.6. The third kappa shape index (κ3) is 39.7. The molecule has 0 N–H and O–H groups in total. The van der Waals surface area contributed by atoms with Crippen molar-refractivity contribution in [1.82, 2.24) is 0 Å². The summed E-state index contributed by atoms with van der Waals surface area (Å²) in [7, 11) is 1.33. The number of phosphoric ester groups is 1. The quantitative estimate of drug-likeness (QED) is 0.0204. The first-order valence-corrected chi connectivity index (χ1v) is 22.3. The molecule has 0 aliphatic rings. The number of nitrogens with zero attached hydrogens (tertiary/aromatic N) is 1. The van der Waals surface area contributed by atoms with Crippen LogP contribution in [0.3, 0.4) is 0 Å². The van der Waals surface area contributed by atoms with E-state index in [0.29, 0.717) is 24.1 Å². The van der Waals surface area contributed by atoms with Crippen molar-refractivity contribution in [2.24, 2.45) is 0 Å². The van der Waals surface area contributed by atoms with Crippen molar-refractivity contribution < 1.29 is 37.3 Å². The Balaban J connectivity index is 4.30. The zero-order valence-electron chi connectivity index (χ0n) is 34.2. The van der Waals surface area contributed by atoms with E-state index in [9.17, 15) is 14.3 Å². The summed E-state index contributed by atoms with van der Waals surface area (Å²) in [5, 5.41) is 0. The van der Waals surface area contributed by atoms with Crippen LogP contribution in [0.2, 0.25) is 0 Å². The van der Waals surface area contributed by atoms with Crippen LogP contribution in [0.1, 0.15) is 162 Å². The molecule has 0 aromatic rings. The molecule has 0 aromatic heterocycles. The lowest BCUT2D eigenvalue weighted by Crippen LogP contribution is -2.37. The maximum Gasteiger partial charge on any atom is 0.306 e. The lowest BCUT2D eigenvalue weighted by molar-refractivity contribution is -0.870. The van der Waals surface area contributed by atoms with Crippen LogP contribution in [0.5, 0.6) is 0 Å². The number of quaternary nitrogens is 1. The molecular weight excluding hydrogens is 673 g/mol. The molecule has 0 fully saturated rings. The van der Waals surface area contributed by atoms with Crippen LogP contribution >= 0.6 is 7.82 Å². The molecule has 2 unspecified atom stereocenters. The topological polar surface area (TPSA) is 94.1 Å². The van der Waals surface area contributed by atoms with E-state index in [4.69, 9.17) is 18.5 Å². The Morgan fingerprint density at radius 3 is 1.69 bits per heavy atom. The molecular formula is C43H80NO7P. The molecule has 0 rings (SSSR count). The van der Waals surface area contributed by atoms with Gasteiger partial charge in [0.1, 0.15) is 19.3 Å². The summed E-state index contributed by atoms with van der Waals surface area (Å²) in [6.45, 7) is 5.23. The van der Waals surface area contributed by atoms with Gasteiger partial charge in [-0.3, -0.25) is 9.36 Å². The highest BCUT2D eigenvalue weighted by Crippen LogP contribution is 2.38. The lowest BCUT2D eigenvalue weighted by Gasteiger charge is -2.28. The molecule has 0 saturated heterocycles. The lowest BCUT2D eigenvalue weighted by atomic mass is 10.1. The molecule has 0 bridgehead atoms. The standard InChI is InChI=1S/C43H80NO7P/c1-6-8-10-12-14-16-18-20-21-22-23-25-27-29-31-33-35-38-48-40-42(41-50-52(46,47)49-39-37-44(3,4)5)51-43(45)36-34-32-30-28-26-24-19-17-15-13-11-9-7-2/h9,11,15,17,21-22,24,26,42H,6-8,10,12-14,16,18-20,23,25,27-41H2,1-5H3/b11-9-,17-15-,22-21-,26-24-. The third-order valence-electron chi connectivity index (χ3n) is 8.61. The van der Waals surface area contributed by atoms with Crippen LogP contribution in [0, 0.1) is 0 Å². The van der Waals surface area contributed by atoms with E-state index >= 15 is 0 Å². The minimum atomic E-state index is -4.53. The number of phosphoric acid groups is 1. The van der Waals surface area contributed by atoms with E-state index < -0.39 is 13.9 Å². The fourth-order valence-corrected chi connectivity index (χ4v) is 6.11. The van der Waals surface area contributed by atoms with Gasteiger partial charge in [0.15, 0.2) is 0 Å². The molecule has 52 heavy (non-hydrogen) atoms. The van der Waals surface area contributed by atoms with E-state index in [1.54, 1.807) is 0 Å². The second-order valence-corrected chi connectivity index (χ2v) is 16.4. The Morgan fingerprint density at radius 2 is 1.12 bits per heavy atom. The average Bonchev–Trinajstić information content (AvgIpc) is 3.09. The van der Waals surface area contributed by atoms with Gasteiger partial charge in [-0.05, 0) is 70.6 Å². The zero-order valence-corrected chi connectivity index (χ0v) is 35.1. The Hall–Kier alpha value is -1.54. The van der Waals surface area contributed by atoms with Crippen molar-refractivity contribution in [3.05, 3.63) is 48.6 Å². The highest BCUT2D eigenvalue weighted by molar-refractivity contribution is 7.45. The summed E-state index contributed by atoms with van der Waals surface area (Å²) < 4.78 is 34.5. The van der Waals surface area contributed by atoms with Crippen molar-refractivity contribution in [1.29, 1.82) is 0 Å². The number of hydrogen-bond donors (Lipinski definition) is 0. The highest BCUT2D eigenvalue weighted by Gasteiger charge is 2.20. The molecule has 8 nitrogen and oxygen atoms in total. The molecule has 0 heterocycles. The number of carbonyl (C=O) groups is 1. The van der Waals surface area contributed by atoms with E-state index in [-0.39, 0.29) is 32.2 Å². The fourth-order valence-electron chi connectivity index (χ4n) is 5.38. The van der Waals surface area contributed by atoms with Crippen molar-refractivity contribution in [2.45, 2.75) is 168 Å². The van der Waals surface area contributed by atoms with E-state index in [0.717, 1.165) is 51.4 Å². The third-order valence-corrected chi connectivity index (χ3v) is 9.58. The normalized spacial score (nSPS) is 14.3. The minimum Gasteiger partial charge on any atom is -0.756 e. The van der Waals surface area contributed by atoms with E-state index in [2.05, 4.69) is 62.5 Å². The summed E-state index contributed by atoms with van der Waals surface area (Å²) >= 11 is 0. The molecule has 0 saturated carbocycles. The van der Waals surface area contributed by atoms with E-state index in [1.807, 2.05) is 21.1 Å². The van der Waals surface area contributed by atoms with Crippen molar-refractivity contribution in [3.8, 4) is 0 Å². The van der Waals surface area contributed by atoms with Gasteiger partial charge >= 0.3 is 5.97 Å². The zero-order chi connectivity index (χ0) is 38.4. The largest absolute Gasteiger partial charge is 0.756 e. The van der Waals surface area contributed by atoms with Gasteiger partial charge in [0.25, 0.3) is 7.82 Å². The molecule has 2 atom stereocenters. The minimum absolute atomic E-state index is 0.0176. The number of ether oxygens (including phenoxy) is 2. The SMILES string of the molecule is CC/C=C\C/C=C\C/C=C\CCCCCC(=O)OC(COCCCCCCCC/C=C\CCCCCCCCC)COP(=O)([O-])OCC[N+](C)(C)C. The van der Waals surface area contributed by atoms with Gasteiger partial charge < -0.3 is 27.9 Å². The summed E-state index contributed by atoms with van der Waals surface area (Å²) in [5.41, 5.74) is 0. The van der Waals surface area contributed by atoms with Crippen LogP contribution in [-0.4, -0.2) is 70.7 Å². The molecule has 0 amide bonds. The van der Waals surface area contributed by atoms with Gasteiger partial charge in [0.05, 0.1) is 34.4 Å².